The second-order valence-electron chi connectivity index (χ2n) is 2.31. The van der Waals surface area contributed by atoms with Crippen molar-refractivity contribution >= 4 is 23.2 Å². The number of nitrogens with zero attached hydrogens (tertiary/aromatic N) is 1. The molecule has 0 saturated carbocycles. The van der Waals surface area contributed by atoms with Crippen molar-refractivity contribution in [3.63, 3.8) is 0 Å². The lowest BCUT2D eigenvalue weighted by molar-refractivity contribution is -0.118. The Morgan fingerprint density at radius 1 is 1.67 bits per heavy atom. The Balaban J connectivity index is 2.50. The van der Waals surface area contributed by atoms with E-state index < -0.39 is 0 Å². The summed E-state index contributed by atoms with van der Waals surface area (Å²) >= 11 is 5.70. The van der Waals surface area contributed by atoms with E-state index in [1.165, 1.54) is 6.20 Å². The predicted molar refractivity (Wildman–Crippen MR) is 43.4 cm³/mol. The van der Waals surface area contributed by atoms with Crippen LogP contribution in [0.25, 0.3) is 0 Å². The molecule has 0 fully saturated rings. The van der Waals surface area contributed by atoms with Crippen LogP contribution in [0.3, 0.4) is 0 Å². The molecule has 0 aliphatic carbocycles. The molecule has 0 bridgehead atoms. The van der Waals surface area contributed by atoms with Crippen LogP contribution < -0.4 is 10.1 Å². The zero-order valence-corrected chi connectivity index (χ0v) is 6.76. The van der Waals surface area contributed by atoms with Gasteiger partial charge in [-0.3, -0.25) is 4.79 Å². The van der Waals surface area contributed by atoms with Gasteiger partial charge < -0.3 is 10.1 Å². The average molecular weight is 185 g/mol. The van der Waals surface area contributed by atoms with Crippen LogP contribution in [0.5, 0.6) is 5.75 Å². The van der Waals surface area contributed by atoms with E-state index >= 15 is 0 Å². The zero-order chi connectivity index (χ0) is 8.55. The molecular weight excluding hydrogens is 180 g/mol. The molecule has 1 amide bonds. The lowest BCUT2D eigenvalue weighted by Crippen LogP contribution is -2.25. The first-order chi connectivity index (χ1) is 5.77. The number of hydrogen-bond acceptors (Lipinski definition) is 3. The summed E-state index contributed by atoms with van der Waals surface area (Å²) in [6.45, 7) is 0.0351. The van der Waals surface area contributed by atoms with Crippen molar-refractivity contribution < 1.29 is 9.53 Å². The zero-order valence-electron chi connectivity index (χ0n) is 6.00. The molecule has 1 aliphatic heterocycles. The molecule has 12 heavy (non-hydrogen) atoms. The van der Waals surface area contributed by atoms with Crippen molar-refractivity contribution in [2.45, 2.75) is 0 Å². The van der Waals surface area contributed by atoms with Gasteiger partial charge in [-0.1, -0.05) is 11.6 Å². The number of anilines is 1. The van der Waals surface area contributed by atoms with Gasteiger partial charge in [-0.15, -0.1) is 0 Å². The third-order valence-corrected chi connectivity index (χ3v) is 1.78. The van der Waals surface area contributed by atoms with Crippen LogP contribution in [-0.2, 0) is 4.79 Å². The molecule has 1 aliphatic rings. The topological polar surface area (TPSA) is 51.2 Å². The summed E-state index contributed by atoms with van der Waals surface area (Å²) in [4.78, 5) is 14.7. The van der Waals surface area contributed by atoms with Gasteiger partial charge >= 0.3 is 0 Å². The summed E-state index contributed by atoms with van der Waals surface area (Å²) in [6.07, 6.45) is 1.53. The number of aromatic nitrogens is 1. The van der Waals surface area contributed by atoms with E-state index in [1.807, 2.05) is 0 Å². The Labute approximate surface area is 73.5 Å². The highest BCUT2D eigenvalue weighted by Crippen LogP contribution is 2.32. The fourth-order valence-corrected chi connectivity index (χ4v) is 1.17. The summed E-state index contributed by atoms with van der Waals surface area (Å²) in [5.74, 6) is 0.354. The van der Waals surface area contributed by atoms with E-state index in [9.17, 15) is 4.79 Å². The molecule has 1 N–H and O–H groups in total. The minimum Gasteiger partial charge on any atom is -0.481 e. The molecule has 2 rings (SSSR count). The first kappa shape index (κ1) is 7.36. The molecule has 0 spiro atoms. The molecular formula is C7H5ClN2O2. The number of hydrogen-bond donors (Lipinski definition) is 1. The maximum absolute atomic E-state index is 10.9. The number of fused-ring (bicyclic) bond motifs is 1. The summed E-state index contributed by atoms with van der Waals surface area (Å²) in [7, 11) is 0. The molecule has 0 radical (unpaired) electrons. The highest BCUT2D eigenvalue weighted by Gasteiger charge is 2.18. The van der Waals surface area contributed by atoms with Crippen LogP contribution >= 0.6 is 11.6 Å². The van der Waals surface area contributed by atoms with Gasteiger partial charge in [0.1, 0.15) is 11.4 Å². The monoisotopic (exact) mass is 184 g/mol. The van der Waals surface area contributed by atoms with E-state index in [-0.39, 0.29) is 17.7 Å². The lowest BCUT2D eigenvalue weighted by atomic mass is 10.3. The van der Waals surface area contributed by atoms with Gasteiger partial charge in [0, 0.05) is 12.3 Å². The van der Waals surface area contributed by atoms with Crippen molar-refractivity contribution in [3.8, 4) is 5.75 Å². The fraction of sp³-hybridized carbons (Fsp3) is 0.143. The molecule has 2 heterocycles. The number of carbonyl (C=O) groups is 1. The quantitative estimate of drug-likeness (QED) is 0.614. The molecule has 0 saturated heterocycles. The molecule has 1 aromatic heterocycles. The number of carbonyl (C=O) groups excluding carboxylic acids is 1. The Morgan fingerprint density at radius 2 is 2.50 bits per heavy atom. The lowest BCUT2D eigenvalue weighted by Gasteiger charge is -2.17. The fourth-order valence-electron chi connectivity index (χ4n) is 0.972. The summed E-state index contributed by atoms with van der Waals surface area (Å²) in [6, 6.07) is 1.65. The number of rotatable bonds is 0. The number of amides is 1. The molecule has 0 unspecified atom stereocenters. The largest absolute Gasteiger partial charge is 0.481 e. The van der Waals surface area contributed by atoms with Crippen LogP contribution in [0.4, 0.5) is 5.69 Å². The van der Waals surface area contributed by atoms with E-state index in [4.69, 9.17) is 16.3 Å². The summed E-state index contributed by atoms with van der Waals surface area (Å²) in [5.41, 5.74) is 0.454. The van der Waals surface area contributed by atoms with Crippen molar-refractivity contribution in [2.75, 3.05) is 11.9 Å². The van der Waals surface area contributed by atoms with E-state index in [1.54, 1.807) is 6.07 Å². The minimum absolute atomic E-state index is 0.0351. The third kappa shape index (κ3) is 1.10. The number of halogens is 1. The van der Waals surface area contributed by atoms with Gasteiger partial charge in [0.25, 0.3) is 5.91 Å². The molecule has 0 aromatic carbocycles. The Morgan fingerprint density at radius 3 is 3.33 bits per heavy atom. The Bertz CT molecular complexity index is 340. The first-order valence-corrected chi connectivity index (χ1v) is 3.72. The van der Waals surface area contributed by atoms with Crippen LogP contribution in [0.15, 0.2) is 12.3 Å². The smallest absolute Gasteiger partial charge is 0.262 e. The maximum Gasteiger partial charge on any atom is 0.262 e. The molecule has 62 valence electrons. The first-order valence-electron chi connectivity index (χ1n) is 3.34. The Kier molecular flexibility index (Phi) is 1.62. The van der Waals surface area contributed by atoms with Crippen molar-refractivity contribution in [1.29, 1.82) is 0 Å². The number of nitrogens with one attached hydrogen (secondary N) is 1. The summed E-state index contributed by atoms with van der Waals surface area (Å²) in [5, 5.41) is 2.82. The average Bonchev–Trinajstić information content (AvgIpc) is 2.07. The van der Waals surface area contributed by atoms with Crippen molar-refractivity contribution in [2.24, 2.45) is 0 Å². The van der Waals surface area contributed by atoms with Crippen LogP contribution in [0, 0.1) is 0 Å². The number of pyridine rings is 1. The van der Waals surface area contributed by atoms with E-state index in [0.29, 0.717) is 11.4 Å². The predicted octanol–water partition coefficient (Wildman–Crippen LogP) is 1.07. The van der Waals surface area contributed by atoms with Gasteiger partial charge in [-0.25, -0.2) is 4.98 Å². The highest BCUT2D eigenvalue weighted by molar-refractivity contribution is 6.33. The van der Waals surface area contributed by atoms with E-state index in [0.717, 1.165) is 0 Å². The molecule has 1 aromatic rings. The normalized spacial score (nSPS) is 14.6. The van der Waals surface area contributed by atoms with Crippen LogP contribution in [-0.4, -0.2) is 17.5 Å². The summed E-state index contributed by atoms with van der Waals surface area (Å²) < 4.78 is 5.08. The third-order valence-electron chi connectivity index (χ3n) is 1.49. The van der Waals surface area contributed by atoms with Crippen LogP contribution in [0.1, 0.15) is 0 Å². The second kappa shape index (κ2) is 2.64. The van der Waals surface area contributed by atoms with Crippen molar-refractivity contribution in [1.82, 2.24) is 4.98 Å². The Hall–Kier alpha value is -1.29. The number of ether oxygens (including phenoxy) is 1. The van der Waals surface area contributed by atoms with Crippen molar-refractivity contribution in [3.05, 3.63) is 17.4 Å². The standard InChI is InChI=1S/C7H5ClN2O2/c8-7-6-4(1-2-9-7)12-3-5(11)10-6/h1-2H,3H2,(H,10,11). The van der Waals surface area contributed by atoms with Gasteiger partial charge in [0.05, 0.1) is 0 Å². The molecule has 5 heteroatoms. The van der Waals surface area contributed by atoms with Gasteiger partial charge in [0.2, 0.25) is 0 Å². The van der Waals surface area contributed by atoms with Gasteiger partial charge in [-0.2, -0.15) is 0 Å². The maximum atomic E-state index is 10.9. The molecule has 4 nitrogen and oxygen atoms in total. The SMILES string of the molecule is O=C1COc2ccnc(Cl)c2N1. The minimum atomic E-state index is -0.211. The van der Waals surface area contributed by atoms with Crippen LogP contribution in [0.2, 0.25) is 5.15 Å². The van der Waals surface area contributed by atoms with E-state index in [2.05, 4.69) is 10.3 Å². The van der Waals surface area contributed by atoms with Gasteiger partial charge in [0.15, 0.2) is 11.8 Å². The van der Waals surface area contributed by atoms with Gasteiger partial charge in [-0.05, 0) is 0 Å². The molecule has 0 atom stereocenters. The second-order valence-corrected chi connectivity index (χ2v) is 2.67. The highest BCUT2D eigenvalue weighted by atomic mass is 35.5.